The van der Waals surface area contributed by atoms with Crippen molar-refractivity contribution in [1.82, 2.24) is 20.0 Å². The summed E-state index contributed by atoms with van der Waals surface area (Å²) in [5.74, 6) is 0. The molecule has 2 heterocycles. The van der Waals surface area contributed by atoms with Crippen molar-refractivity contribution in [2.75, 3.05) is 39.4 Å². The Hall–Kier alpha value is -1.73. The lowest BCUT2D eigenvalue weighted by atomic mass is 10.0. The van der Waals surface area contributed by atoms with Gasteiger partial charge in [0.15, 0.2) is 0 Å². The van der Waals surface area contributed by atoms with Gasteiger partial charge in [0, 0.05) is 45.5 Å². The minimum absolute atomic E-state index is 0.280. The van der Waals surface area contributed by atoms with Gasteiger partial charge in [0.05, 0.1) is 18.9 Å². The molecule has 2 aromatic rings. The standard InChI is InChI=1S/C19H28N4O2/c1-15-4-3-5-16(12-15)18(23-8-10-25-11-9-23)13-20-14-19(24)17-6-7-21-22(17)2/h3-7,12,18-20,24H,8-11,13-14H2,1-2H3. The highest BCUT2D eigenvalue weighted by molar-refractivity contribution is 5.25. The van der Waals surface area contributed by atoms with Crippen molar-refractivity contribution in [1.29, 1.82) is 0 Å². The second kappa shape index (κ2) is 8.58. The van der Waals surface area contributed by atoms with Crippen molar-refractivity contribution in [2.45, 2.75) is 19.1 Å². The zero-order valence-corrected chi connectivity index (χ0v) is 15.1. The molecule has 1 aromatic heterocycles. The number of nitrogens with one attached hydrogen (secondary N) is 1. The average Bonchev–Trinajstić information content (AvgIpc) is 3.05. The highest BCUT2D eigenvalue weighted by atomic mass is 16.5. The van der Waals surface area contributed by atoms with Crippen molar-refractivity contribution in [3.05, 3.63) is 53.3 Å². The van der Waals surface area contributed by atoms with Gasteiger partial charge in [0.2, 0.25) is 0 Å². The lowest BCUT2D eigenvalue weighted by molar-refractivity contribution is 0.0155. The zero-order chi connectivity index (χ0) is 17.6. The molecule has 1 saturated heterocycles. The summed E-state index contributed by atoms with van der Waals surface area (Å²) >= 11 is 0. The molecular weight excluding hydrogens is 316 g/mol. The van der Waals surface area contributed by atoms with Crippen molar-refractivity contribution in [3.63, 3.8) is 0 Å². The number of aryl methyl sites for hydroxylation is 2. The Kier molecular flexibility index (Phi) is 6.20. The monoisotopic (exact) mass is 344 g/mol. The molecule has 0 amide bonds. The Morgan fingerprint density at radius 3 is 2.72 bits per heavy atom. The molecule has 1 fully saturated rings. The lowest BCUT2D eigenvalue weighted by Gasteiger charge is -2.35. The first kappa shape index (κ1) is 18.1. The van der Waals surface area contributed by atoms with Gasteiger partial charge in [-0.3, -0.25) is 9.58 Å². The van der Waals surface area contributed by atoms with E-state index in [2.05, 4.69) is 46.5 Å². The van der Waals surface area contributed by atoms with Crippen LogP contribution in [0.2, 0.25) is 0 Å². The summed E-state index contributed by atoms with van der Waals surface area (Å²) in [4.78, 5) is 2.46. The van der Waals surface area contributed by atoms with Gasteiger partial charge >= 0.3 is 0 Å². The van der Waals surface area contributed by atoms with Gasteiger partial charge in [-0.25, -0.2) is 0 Å². The number of aromatic nitrogens is 2. The molecule has 0 aliphatic carbocycles. The van der Waals surface area contributed by atoms with E-state index in [1.165, 1.54) is 11.1 Å². The third kappa shape index (κ3) is 4.67. The maximum atomic E-state index is 10.4. The summed E-state index contributed by atoms with van der Waals surface area (Å²) < 4.78 is 7.22. The molecule has 6 heteroatoms. The van der Waals surface area contributed by atoms with Crippen LogP contribution in [0.25, 0.3) is 0 Å². The third-order valence-corrected chi connectivity index (χ3v) is 4.79. The minimum Gasteiger partial charge on any atom is -0.385 e. The van der Waals surface area contributed by atoms with Gasteiger partial charge in [-0.15, -0.1) is 0 Å². The number of morpholine rings is 1. The fourth-order valence-corrected chi connectivity index (χ4v) is 3.40. The first-order chi connectivity index (χ1) is 12.1. The molecule has 1 aliphatic heterocycles. The average molecular weight is 344 g/mol. The Bertz CT molecular complexity index is 667. The number of aliphatic hydroxyl groups is 1. The molecule has 0 saturated carbocycles. The molecule has 25 heavy (non-hydrogen) atoms. The van der Waals surface area contributed by atoms with Crippen molar-refractivity contribution in [3.8, 4) is 0 Å². The largest absolute Gasteiger partial charge is 0.385 e. The van der Waals surface area contributed by atoms with E-state index in [1.54, 1.807) is 10.9 Å². The SMILES string of the molecule is Cc1cccc(C(CNCC(O)c2ccnn2C)N2CCOCC2)c1. The highest BCUT2D eigenvalue weighted by Crippen LogP contribution is 2.22. The van der Waals surface area contributed by atoms with E-state index in [0.29, 0.717) is 6.54 Å². The van der Waals surface area contributed by atoms with Crippen molar-refractivity contribution < 1.29 is 9.84 Å². The number of aliphatic hydroxyl groups excluding tert-OH is 1. The van der Waals surface area contributed by atoms with E-state index in [0.717, 1.165) is 38.5 Å². The van der Waals surface area contributed by atoms with Crippen LogP contribution >= 0.6 is 0 Å². The van der Waals surface area contributed by atoms with Crippen LogP contribution in [0, 0.1) is 6.92 Å². The summed E-state index contributed by atoms with van der Waals surface area (Å²) in [5.41, 5.74) is 3.40. The molecule has 2 N–H and O–H groups in total. The van der Waals surface area contributed by atoms with Gasteiger partial charge in [0.25, 0.3) is 0 Å². The summed E-state index contributed by atoms with van der Waals surface area (Å²) in [6, 6.07) is 10.8. The van der Waals surface area contributed by atoms with Gasteiger partial charge in [-0.2, -0.15) is 5.10 Å². The van der Waals surface area contributed by atoms with E-state index in [-0.39, 0.29) is 6.04 Å². The number of ether oxygens (including phenoxy) is 1. The topological polar surface area (TPSA) is 62.5 Å². The Labute approximate surface area is 149 Å². The van der Waals surface area contributed by atoms with E-state index in [9.17, 15) is 5.11 Å². The lowest BCUT2D eigenvalue weighted by Crippen LogP contribution is -2.43. The van der Waals surface area contributed by atoms with Crippen LogP contribution in [0.4, 0.5) is 0 Å². The summed E-state index contributed by atoms with van der Waals surface area (Å²) in [7, 11) is 1.85. The Morgan fingerprint density at radius 1 is 1.24 bits per heavy atom. The quantitative estimate of drug-likeness (QED) is 0.796. The van der Waals surface area contributed by atoms with Gasteiger partial charge in [-0.1, -0.05) is 29.8 Å². The van der Waals surface area contributed by atoms with Crippen LogP contribution in [0.3, 0.4) is 0 Å². The van der Waals surface area contributed by atoms with Crippen molar-refractivity contribution >= 4 is 0 Å². The Balaban J connectivity index is 1.64. The summed E-state index contributed by atoms with van der Waals surface area (Å²) in [6.07, 6.45) is 1.15. The maximum absolute atomic E-state index is 10.4. The van der Waals surface area contributed by atoms with Gasteiger partial charge in [0.1, 0.15) is 6.10 Å². The summed E-state index contributed by atoms with van der Waals surface area (Å²) in [6.45, 7) is 6.85. The van der Waals surface area contributed by atoms with Crippen LogP contribution in [-0.4, -0.2) is 59.2 Å². The molecule has 2 atom stereocenters. The zero-order valence-electron chi connectivity index (χ0n) is 15.1. The molecule has 0 radical (unpaired) electrons. The second-order valence-corrected chi connectivity index (χ2v) is 6.63. The van der Waals surface area contributed by atoms with E-state index >= 15 is 0 Å². The van der Waals surface area contributed by atoms with Gasteiger partial charge in [-0.05, 0) is 18.6 Å². The molecule has 3 rings (SSSR count). The highest BCUT2D eigenvalue weighted by Gasteiger charge is 2.23. The molecule has 1 aliphatic rings. The molecule has 0 spiro atoms. The predicted molar refractivity (Wildman–Crippen MR) is 97.3 cm³/mol. The van der Waals surface area contributed by atoms with Crippen LogP contribution in [0.1, 0.15) is 29.0 Å². The minimum atomic E-state index is -0.560. The van der Waals surface area contributed by atoms with E-state index in [1.807, 2.05) is 13.1 Å². The van der Waals surface area contributed by atoms with E-state index < -0.39 is 6.10 Å². The number of hydrogen-bond donors (Lipinski definition) is 2. The first-order valence-electron chi connectivity index (χ1n) is 8.90. The number of benzene rings is 1. The fourth-order valence-electron chi connectivity index (χ4n) is 3.40. The van der Waals surface area contributed by atoms with Crippen LogP contribution < -0.4 is 5.32 Å². The second-order valence-electron chi connectivity index (χ2n) is 6.63. The first-order valence-corrected chi connectivity index (χ1v) is 8.90. The maximum Gasteiger partial charge on any atom is 0.108 e. The van der Waals surface area contributed by atoms with Crippen LogP contribution in [0.5, 0.6) is 0 Å². The van der Waals surface area contributed by atoms with Crippen molar-refractivity contribution in [2.24, 2.45) is 7.05 Å². The number of hydrogen-bond acceptors (Lipinski definition) is 5. The Morgan fingerprint density at radius 2 is 2.04 bits per heavy atom. The smallest absolute Gasteiger partial charge is 0.108 e. The molecule has 0 bridgehead atoms. The van der Waals surface area contributed by atoms with Crippen LogP contribution in [-0.2, 0) is 11.8 Å². The predicted octanol–water partition coefficient (Wildman–Crippen LogP) is 1.43. The molecule has 2 unspecified atom stereocenters. The van der Waals surface area contributed by atoms with E-state index in [4.69, 9.17) is 4.74 Å². The third-order valence-electron chi connectivity index (χ3n) is 4.79. The summed E-state index contributed by atoms with van der Waals surface area (Å²) in [5, 5.41) is 17.9. The fraction of sp³-hybridized carbons (Fsp3) is 0.526. The molecule has 136 valence electrons. The number of nitrogens with zero attached hydrogens (tertiary/aromatic N) is 3. The molecular formula is C19H28N4O2. The molecule has 1 aromatic carbocycles. The molecule has 6 nitrogen and oxygen atoms in total. The normalized spacial score (nSPS) is 18.2. The number of rotatable bonds is 7. The van der Waals surface area contributed by atoms with Crippen LogP contribution in [0.15, 0.2) is 36.5 Å². The van der Waals surface area contributed by atoms with Gasteiger partial charge < -0.3 is 15.2 Å².